The van der Waals surface area contributed by atoms with Gasteiger partial charge < -0.3 is 29.5 Å². The quantitative estimate of drug-likeness (QED) is 0.188. The number of nitrogens with one attached hydrogen (secondary N) is 1. The third-order valence-electron chi connectivity index (χ3n) is 12.6. The Kier molecular flexibility index (Phi) is 13.5. The molecule has 1 amide bonds. The number of hydrogen-bond acceptors (Lipinski definition) is 12. The fourth-order valence-electron chi connectivity index (χ4n) is 8.55. The van der Waals surface area contributed by atoms with Crippen molar-refractivity contribution < 1.29 is 36.6 Å². The summed E-state index contributed by atoms with van der Waals surface area (Å²) in [6, 6.07) is 4.14. The van der Waals surface area contributed by atoms with Crippen molar-refractivity contribution in [2.75, 3.05) is 62.2 Å². The van der Waals surface area contributed by atoms with Crippen molar-refractivity contribution in [2.45, 2.75) is 62.6 Å². The molecule has 0 bridgehead atoms. The van der Waals surface area contributed by atoms with E-state index in [2.05, 4.69) is 69.4 Å². The van der Waals surface area contributed by atoms with Crippen LogP contribution in [-0.2, 0) is 36.4 Å². The predicted molar refractivity (Wildman–Crippen MR) is 241 cm³/mol. The number of aryl methyl sites for hydroxylation is 2. The maximum Gasteiger partial charge on any atom is 0.419 e. The topological polar surface area (TPSA) is 154 Å². The van der Waals surface area contributed by atoms with Crippen LogP contribution >= 0.6 is 12.4 Å². The van der Waals surface area contributed by atoms with Gasteiger partial charge in [0.25, 0.3) is 11.8 Å². The number of allylic oxidation sites excluding steroid dienone is 2. The molecule has 5 aromatic heterocycles. The molecule has 16 nitrogen and oxygen atoms in total. The van der Waals surface area contributed by atoms with Crippen molar-refractivity contribution in [3.63, 3.8) is 0 Å². The van der Waals surface area contributed by atoms with Gasteiger partial charge in [-0.3, -0.25) is 19.3 Å². The Bertz CT molecular complexity index is 2580. The molecule has 4 fully saturated rings. The number of hydrogen-bond donors (Lipinski definition) is 1. The molecular formula is C45H51ClF4N12O4. The van der Waals surface area contributed by atoms with Gasteiger partial charge in [0.05, 0.1) is 23.8 Å². The number of alkyl halides is 4. The van der Waals surface area contributed by atoms with Gasteiger partial charge in [0, 0.05) is 163 Å². The summed E-state index contributed by atoms with van der Waals surface area (Å²) in [5.41, 5.74) is 11.8. The van der Waals surface area contributed by atoms with Gasteiger partial charge in [0.1, 0.15) is 6.33 Å². The zero-order valence-corrected chi connectivity index (χ0v) is 37.3. The standard InChI is InChI=1S/C21H23F2N5O2.C16H19N5.C8H8F2N2O2.ClH/c1-26-13-15(12-25-26)14-10-16-17(11-14)24-5-3-18(16)27-6-8-28(9-7-27)20(29)30-19-2-4-21(19,22)23;1-20-11-13(10-19-20)12-8-14-15(9-12)18-3-2-16(14)21-6-4-17-5-7-21;9-8(10)2-1-6(8)14-7(13)12-4-3-11-5-12;/h3,5,10,12-13,19H,2,4,6-9,11H2,1H3;2-3,8,10-11,17H,4-7,9H2,1H3;3-6H,1-2H2;1H. The third kappa shape index (κ3) is 9.93. The number of halogens is 5. The van der Waals surface area contributed by atoms with Gasteiger partial charge in [0.2, 0.25) is 0 Å². The number of carbonyl (C=O) groups is 2. The second kappa shape index (κ2) is 19.3. The van der Waals surface area contributed by atoms with Crippen molar-refractivity contribution in [1.29, 1.82) is 0 Å². The first-order chi connectivity index (χ1) is 31.3. The van der Waals surface area contributed by atoms with Crippen LogP contribution in [0.25, 0.3) is 23.3 Å². The minimum Gasteiger partial charge on any atom is -0.440 e. The Balaban J connectivity index is 0.000000143. The van der Waals surface area contributed by atoms with Crippen LogP contribution < -0.4 is 15.1 Å². The van der Waals surface area contributed by atoms with E-state index in [4.69, 9.17) is 4.74 Å². The summed E-state index contributed by atoms with van der Waals surface area (Å²) in [5, 5.41) is 11.9. The Hall–Kier alpha value is -6.28. The molecular weight excluding hydrogens is 884 g/mol. The Morgan fingerprint density at radius 2 is 1.20 bits per heavy atom. The van der Waals surface area contributed by atoms with Crippen LogP contribution in [-0.4, -0.2) is 133 Å². The summed E-state index contributed by atoms with van der Waals surface area (Å²) in [6.45, 7) is 6.33. The first-order valence-corrected chi connectivity index (χ1v) is 21.8. The average Bonchev–Trinajstić information content (AvgIpc) is 4.18. The van der Waals surface area contributed by atoms with E-state index in [1.807, 2.05) is 55.8 Å². The summed E-state index contributed by atoms with van der Waals surface area (Å²) < 4.78 is 66.4. The van der Waals surface area contributed by atoms with E-state index in [-0.39, 0.29) is 38.1 Å². The van der Waals surface area contributed by atoms with E-state index in [0.29, 0.717) is 26.2 Å². The van der Waals surface area contributed by atoms with Crippen LogP contribution in [0, 0.1) is 0 Å². The zero-order chi connectivity index (χ0) is 45.3. The minimum atomic E-state index is -2.88. The van der Waals surface area contributed by atoms with Gasteiger partial charge >= 0.3 is 12.2 Å². The molecule has 0 radical (unpaired) electrons. The normalized spacial score (nSPS) is 20.9. The number of nitrogens with zero attached hydrogens (tertiary/aromatic N) is 11. The number of aromatic nitrogens is 8. The maximum absolute atomic E-state index is 13.4. The highest BCUT2D eigenvalue weighted by Crippen LogP contribution is 2.42. The summed E-state index contributed by atoms with van der Waals surface area (Å²) in [6.07, 6.45) is 17.7. The van der Waals surface area contributed by atoms with Gasteiger partial charge in [-0.15, -0.1) is 12.4 Å². The Morgan fingerprint density at radius 3 is 1.62 bits per heavy atom. The number of pyridine rings is 2. The van der Waals surface area contributed by atoms with E-state index < -0.39 is 36.2 Å². The van der Waals surface area contributed by atoms with Crippen LogP contribution in [0.2, 0.25) is 0 Å². The Labute approximate surface area is 384 Å². The summed E-state index contributed by atoms with van der Waals surface area (Å²) >= 11 is 0. The molecule has 2 aliphatic heterocycles. The molecule has 7 heterocycles. The molecule has 2 atom stereocenters. The zero-order valence-electron chi connectivity index (χ0n) is 36.5. The lowest BCUT2D eigenvalue weighted by Gasteiger charge is -2.39. The van der Waals surface area contributed by atoms with Crippen LogP contribution in [0.4, 0.5) is 38.5 Å². The fraction of sp³-hybridized carbons (Fsp3) is 0.444. The lowest BCUT2D eigenvalue weighted by Crippen LogP contribution is -2.53. The van der Waals surface area contributed by atoms with E-state index in [9.17, 15) is 27.2 Å². The molecule has 11 rings (SSSR count). The lowest BCUT2D eigenvalue weighted by atomic mass is 9.91. The molecule has 6 aliphatic rings. The van der Waals surface area contributed by atoms with E-state index in [0.717, 1.165) is 66.1 Å². The highest BCUT2D eigenvalue weighted by molar-refractivity contribution is 5.92. The number of anilines is 2. The number of imidazole rings is 1. The Morgan fingerprint density at radius 1 is 0.697 bits per heavy atom. The van der Waals surface area contributed by atoms with Crippen molar-refractivity contribution in [1.82, 2.24) is 49.3 Å². The fourth-order valence-corrected chi connectivity index (χ4v) is 8.55. The molecule has 2 saturated heterocycles. The third-order valence-corrected chi connectivity index (χ3v) is 12.6. The SMILES string of the molecule is Cl.Cn1cc(C2=Cc3c(N4CCN(C(=O)OC5CCC5(F)F)CC4)ccnc3C2)cn1.Cn1cc(C2=Cc3c(N4CCNCC4)ccnc3C2)cn1.O=C(OC1CCC1(F)F)n1ccnc1. The molecule has 5 aromatic rings. The number of amides is 1. The summed E-state index contributed by atoms with van der Waals surface area (Å²) in [4.78, 5) is 42.3. The van der Waals surface area contributed by atoms with E-state index >= 15 is 0 Å². The molecule has 1 N–H and O–H groups in total. The number of ether oxygens (including phenoxy) is 2. The van der Waals surface area contributed by atoms with Gasteiger partial charge in [-0.1, -0.05) is 0 Å². The summed E-state index contributed by atoms with van der Waals surface area (Å²) in [5.74, 6) is -5.75. The molecule has 2 saturated carbocycles. The highest BCUT2D eigenvalue weighted by atomic mass is 35.5. The molecule has 2 unspecified atom stereocenters. The molecule has 66 heavy (non-hydrogen) atoms. The number of carbonyl (C=O) groups excluding carboxylic acids is 2. The van der Waals surface area contributed by atoms with Crippen molar-refractivity contribution >= 4 is 59.3 Å². The predicted octanol–water partition coefficient (Wildman–Crippen LogP) is 6.38. The average molecular weight is 935 g/mol. The number of fused-ring (bicyclic) bond motifs is 2. The van der Waals surface area contributed by atoms with Crippen LogP contribution in [0.15, 0.2) is 68.0 Å². The number of piperazine rings is 2. The maximum atomic E-state index is 13.4. The first-order valence-electron chi connectivity index (χ1n) is 21.8. The molecule has 0 aromatic carbocycles. The molecule has 0 spiro atoms. The first kappa shape index (κ1) is 46.3. The van der Waals surface area contributed by atoms with Gasteiger partial charge in [-0.25, -0.2) is 36.7 Å². The van der Waals surface area contributed by atoms with Crippen LogP contribution in [0.3, 0.4) is 0 Å². The van der Waals surface area contributed by atoms with Gasteiger partial charge in [0.15, 0.2) is 12.2 Å². The van der Waals surface area contributed by atoms with Gasteiger partial charge in [-0.2, -0.15) is 10.2 Å². The lowest BCUT2D eigenvalue weighted by molar-refractivity contribution is -0.179. The van der Waals surface area contributed by atoms with Crippen LogP contribution in [0.5, 0.6) is 0 Å². The van der Waals surface area contributed by atoms with Crippen LogP contribution in [0.1, 0.15) is 59.3 Å². The van der Waals surface area contributed by atoms with Crippen molar-refractivity contribution in [3.8, 4) is 0 Å². The highest BCUT2D eigenvalue weighted by Gasteiger charge is 2.52. The molecule has 4 aliphatic carbocycles. The van der Waals surface area contributed by atoms with E-state index in [1.54, 1.807) is 4.68 Å². The minimum absolute atomic E-state index is 0. The largest absolute Gasteiger partial charge is 0.440 e. The number of rotatable bonds is 6. The van der Waals surface area contributed by atoms with Crippen molar-refractivity contribution in [2.24, 2.45) is 14.1 Å². The van der Waals surface area contributed by atoms with E-state index in [1.165, 1.54) is 57.3 Å². The second-order valence-corrected chi connectivity index (χ2v) is 16.9. The van der Waals surface area contributed by atoms with Crippen molar-refractivity contribution in [3.05, 3.63) is 102 Å². The summed E-state index contributed by atoms with van der Waals surface area (Å²) in [7, 11) is 3.85. The van der Waals surface area contributed by atoms with Gasteiger partial charge in [-0.05, 0) is 48.3 Å². The molecule has 21 heteroatoms. The smallest absolute Gasteiger partial charge is 0.419 e. The molecule has 350 valence electrons. The second-order valence-electron chi connectivity index (χ2n) is 16.9. The monoisotopic (exact) mass is 934 g/mol.